The van der Waals surface area contributed by atoms with E-state index in [-0.39, 0.29) is 12.1 Å². The number of aliphatic hydroxyl groups excluding tert-OH is 1. The van der Waals surface area contributed by atoms with Crippen LogP contribution in [0.4, 0.5) is 0 Å². The molecule has 3 atom stereocenters. The second kappa shape index (κ2) is 7.78. The number of rotatable bonds is 5. The molecule has 1 aliphatic heterocycles. The van der Waals surface area contributed by atoms with Crippen molar-refractivity contribution < 1.29 is 14.6 Å². The maximum atomic E-state index is 10.2. The van der Waals surface area contributed by atoms with Gasteiger partial charge in [-0.1, -0.05) is 12.5 Å². The smallest absolute Gasteiger partial charge is 0.120 e. The van der Waals surface area contributed by atoms with Crippen LogP contribution in [0, 0.1) is 17.2 Å². The highest BCUT2D eigenvalue weighted by molar-refractivity contribution is 5.36. The number of aliphatic hydroxyl groups is 1. The second-order valence-corrected chi connectivity index (χ2v) is 6.33. The first kappa shape index (κ1) is 16.3. The summed E-state index contributed by atoms with van der Waals surface area (Å²) in [7, 11) is 0. The van der Waals surface area contributed by atoms with Gasteiger partial charge in [0.15, 0.2) is 0 Å². The maximum Gasteiger partial charge on any atom is 0.120 e. The highest BCUT2D eigenvalue weighted by Crippen LogP contribution is 2.32. The number of nitriles is 1. The van der Waals surface area contributed by atoms with Gasteiger partial charge in [0.2, 0.25) is 0 Å². The van der Waals surface area contributed by atoms with Crippen LogP contribution in [0.1, 0.15) is 24.8 Å². The van der Waals surface area contributed by atoms with E-state index in [1.54, 1.807) is 12.1 Å². The predicted molar refractivity (Wildman–Crippen MR) is 86.2 cm³/mol. The Labute approximate surface area is 137 Å². The lowest BCUT2D eigenvalue weighted by Crippen LogP contribution is -2.52. The summed E-state index contributed by atoms with van der Waals surface area (Å²) in [4.78, 5) is 2.39. The van der Waals surface area contributed by atoms with E-state index in [4.69, 9.17) is 14.7 Å². The molecule has 2 aliphatic rings. The standard InChI is InChI=1S/C18H24N2O3/c19-12-14-3-1-4-15(11-14)23-10-8-20-7-9-22-13-17(20)16-5-2-6-18(16)21/h1,3-4,11,16-18,21H,2,5-10,13H2/t16-,17-,18+/m1/s1. The first-order chi connectivity index (χ1) is 11.3. The zero-order chi connectivity index (χ0) is 16.1. The van der Waals surface area contributed by atoms with Gasteiger partial charge in [-0.3, -0.25) is 4.90 Å². The summed E-state index contributed by atoms with van der Waals surface area (Å²) in [5, 5.41) is 19.1. The summed E-state index contributed by atoms with van der Waals surface area (Å²) >= 11 is 0. The monoisotopic (exact) mass is 316 g/mol. The van der Waals surface area contributed by atoms with Crippen molar-refractivity contribution in [3.05, 3.63) is 29.8 Å². The molecule has 0 bridgehead atoms. The molecule has 1 aliphatic carbocycles. The molecule has 1 N–H and O–H groups in total. The number of morpholine rings is 1. The topological polar surface area (TPSA) is 65.7 Å². The highest BCUT2D eigenvalue weighted by atomic mass is 16.5. The van der Waals surface area contributed by atoms with Crippen molar-refractivity contribution in [2.24, 2.45) is 5.92 Å². The fraction of sp³-hybridized carbons (Fsp3) is 0.611. The van der Waals surface area contributed by atoms with Gasteiger partial charge >= 0.3 is 0 Å². The van der Waals surface area contributed by atoms with E-state index in [1.165, 1.54) is 0 Å². The molecular formula is C18H24N2O3. The van der Waals surface area contributed by atoms with E-state index in [1.807, 2.05) is 12.1 Å². The summed E-state index contributed by atoms with van der Waals surface area (Å²) in [5.41, 5.74) is 0.612. The third-order valence-corrected chi connectivity index (χ3v) is 4.92. The molecule has 1 aromatic rings. The van der Waals surface area contributed by atoms with Crippen LogP contribution in [-0.4, -0.2) is 55.1 Å². The molecule has 1 heterocycles. The Morgan fingerprint density at radius 3 is 3.09 bits per heavy atom. The lowest BCUT2D eigenvalue weighted by Gasteiger charge is -2.40. The van der Waals surface area contributed by atoms with E-state index in [0.717, 1.165) is 44.7 Å². The van der Waals surface area contributed by atoms with Crippen molar-refractivity contribution in [2.75, 3.05) is 32.9 Å². The van der Waals surface area contributed by atoms with E-state index in [0.29, 0.717) is 24.7 Å². The van der Waals surface area contributed by atoms with Gasteiger partial charge in [-0.15, -0.1) is 0 Å². The minimum absolute atomic E-state index is 0.197. The SMILES string of the molecule is N#Cc1cccc(OCCN2CCOC[C@@H]2[C@H]2CCC[C@@H]2O)c1. The number of nitrogens with zero attached hydrogens (tertiary/aromatic N) is 2. The first-order valence-electron chi connectivity index (χ1n) is 8.41. The average molecular weight is 316 g/mol. The van der Waals surface area contributed by atoms with Gasteiger partial charge in [0.05, 0.1) is 31.0 Å². The van der Waals surface area contributed by atoms with E-state index < -0.39 is 0 Å². The molecular weight excluding hydrogens is 292 g/mol. The molecule has 1 saturated heterocycles. The van der Waals surface area contributed by atoms with Crippen molar-refractivity contribution >= 4 is 0 Å². The van der Waals surface area contributed by atoms with Crippen LogP contribution in [0.2, 0.25) is 0 Å². The minimum Gasteiger partial charge on any atom is -0.492 e. The highest BCUT2D eigenvalue weighted by Gasteiger charge is 2.37. The molecule has 0 aromatic heterocycles. The lowest BCUT2D eigenvalue weighted by atomic mass is 9.94. The molecule has 0 radical (unpaired) electrons. The fourth-order valence-corrected chi connectivity index (χ4v) is 3.68. The minimum atomic E-state index is -0.197. The molecule has 5 heteroatoms. The van der Waals surface area contributed by atoms with Gasteiger partial charge < -0.3 is 14.6 Å². The molecule has 5 nitrogen and oxygen atoms in total. The largest absolute Gasteiger partial charge is 0.492 e. The van der Waals surface area contributed by atoms with E-state index in [2.05, 4.69) is 11.0 Å². The van der Waals surface area contributed by atoms with Crippen molar-refractivity contribution in [2.45, 2.75) is 31.4 Å². The third-order valence-electron chi connectivity index (χ3n) is 4.92. The van der Waals surface area contributed by atoms with Crippen molar-refractivity contribution in [1.82, 2.24) is 4.90 Å². The fourth-order valence-electron chi connectivity index (χ4n) is 3.68. The van der Waals surface area contributed by atoms with E-state index in [9.17, 15) is 5.11 Å². The number of hydrogen-bond donors (Lipinski definition) is 1. The van der Waals surface area contributed by atoms with Gasteiger partial charge in [0.1, 0.15) is 12.4 Å². The van der Waals surface area contributed by atoms with Crippen LogP contribution in [0.15, 0.2) is 24.3 Å². The zero-order valence-corrected chi connectivity index (χ0v) is 13.4. The predicted octanol–water partition coefficient (Wildman–Crippen LogP) is 1.80. The molecule has 0 unspecified atom stereocenters. The number of hydrogen-bond acceptors (Lipinski definition) is 5. The zero-order valence-electron chi connectivity index (χ0n) is 13.4. The number of benzene rings is 1. The Bertz CT molecular complexity index is 557. The Morgan fingerprint density at radius 2 is 2.30 bits per heavy atom. The van der Waals surface area contributed by atoms with Crippen molar-refractivity contribution in [1.29, 1.82) is 5.26 Å². The number of ether oxygens (including phenoxy) is 2. The Morgan fingerprint density at radius 1 is 1.39 bits per heavy atom. The summed E-state index contributed by atoms with van der Waals surface area (Å²) in [5.74, 6) is 1.05. The van der Waals surface area contributed by atoms with Gasteiger partial charge in [-0.2, -0.15) is 5.26 Å². The normalized spacial score (nSPS) is 28.4. The molecule has 3 rings (SSSR count). The van der Waals surface area contributed by atoms with Crippen LogP contribution in [0.25, 0.3) is 0 Å². The summed E-state index contributed by atoms with van der Waals surface area (Å²) in [6.45, 7) is 3.71. The van der Waals surface area contributed by atoms with Gasteiger partial charge in [0, 0.05) is 25.0 Å². The molecule has 1 aromatic carbocycles. The lowest BCUT2D eigenvalue weighted by molar-refractivity contribution is -0.0532. The van der Waals surface area contributed by atoms with E-state index >= 15 is 0 Å². The van der Waals surface area contributed by atoms with Crippen LogP contribution >= 0.6 is 0 Å². The van der Waals surface area contributed by atoms with Crippen molar-refractivity contribution in [3.63, 3.8) is 0 Å². The van der Waals surface area contributed by atoms with Gasteiger partial charge in [-0.05, 0) is 31.0 Å². The molecule has 124 valence electrons. The maximum absolute atomic E-state index is 10.2. The van der Waals surface area contributed by atoms with Crippen LogP contribution in [-0.2, 0) is 4.74 Å². The van der Waals surface area contributed by atoms with Crippen LogP contribution < -0.4 is 4.74 Å². The Kier molecular flexibility index (Phi) is 5.50. The quantitative estimate of drug-likeness (QED) is 0.897. The Balaban J connectivity index is 1.54. The summed E-state index contributed by atoms with van der Waals surface area (Å²) < 4.78 is 11.4. The summed E-state index contributed by atoms with van der Waals surface area (Å²) in [6.07, 6.45) is 2.90. The van der Waals surface area contributed by atoms with Crippen LogP contribution in [0.5, 0.6) is 5.75 Å². The second-order valence-electron chi connectivity index (χ2n) is 6.33. The Hall–Kier alpha value is -1.61. The molecule has 2 fully saturated rings. The van der Waals surface area contributed by atoms with Crippen molar-refractivity contribution in [3.8, 4) is 11.8 Å². The summed E-state index contributed by atoms with van der Waals surface area (Å²) in [6, 6.07) is 9.65. The van der Waals surface area contributed by atoms with Gasteiger partial charge in [0.25, 0.3) is 0 Å². The van der Waals surface area contributed by atoms with Gasteiger partial charge in [-0.25, -0.2) is 0 Å². The first-order valence-corrected chi connectivity index (χ1v) is 8.41. The molecule has 23 heavy (non-hydrogen) atoms. The van der Waals surface area contributed by atoms with Crippen LogP contribution in [0.3, 0.4) is 0 Å². The molecule has 0 amide bonds. The molecule has 0 spiro atoms. The average Bonchev–Trinajstić information content (AvgIpc) is 3.01. The third kappa shape index (κ3) is 4.03. The molecule has 1 saturated carbocycles.